The summed E-state index contributed by atoms with van der Waals surface area (Å²) in [7, 11) is 0. The van der Waals surface area contributed by atoms with Gasteiger partial charge in [-0.25, -0.2) is 9.97 Å². The summed E-state index contributed by atoms with van der Waals surface area (Å²) < 4.78 is 0. The van der Waals surface area contributed by atoms with E-state index in [0.717, 1.165) is 5.56 Å². The van der Waals surface area contributed by atoms with Gasteiger partial charge in [0.15, 0.2) is 5.82 Å². The average Bonchev–Trinajstić information content (AvgIpc) is 2.40. The lowest BCUT2D eigenvalue weighted by Crippen LogP contribution is -2.14. The number of nitrogens with zero attached hydrogens (tertiary/aromatic N) is 3. The van der Waals surface area contributed by atoms with Crippen LogP contribution in [0.2, 0.25) is 0 Å². The molecule has 0 fully saturated rings. The molecule has 1 heterocycles. The van der Waals surface area contributed by atoms with E-state index in [1.165, 1.54) is 12.4 Å². The first-order chi connectivity index (χ1) is 8.72. The molecule has 1 aromatic heterocycles. The molecule has 0 aliphatic heterocycles. The third kappa shape index (κ3) is 2.41. The molecule has 0 aliphatic rings. The molecule has 0 radical (unpaired) electrons. The lowest BCUT2D eigenvalue weighted by atomic mass is 9.94. The molecule has 0 bridgehead atoms. The SMILES string of the molecule is Cc1cccc(C(C#N)C(=O)c2ncccn2)c1. The minimum Gasteiger partial charge on any atom is -0.289 e. The van der Waals surface area contributed by atoms with E-state index in [-0.39, 0.29) is 11.6 Å². The average molecular weight is 237 g/mol. The summed E-state index contributed by atoms with van der Waals surface area (Å²) in [6.45, 7) is 1.92. The van der Waals surface area contributed by atoms with Crippen LogP contribution in [0.15, 0.2) is 42.7 Å². The van der Waals surface area contributed by atoms with Gasteiger partial charge in [0.1, 0.15) is 5.92 Å². The highest BCUT2D eigenvalue weighted by Crippen LogP contribution is 2.19. The highest BCUT2D eigenvalue weighted by atomic mass is 16.1. The van der Waals surface area contributed by atoms with Gasteiger partial charge >= 0.3 is 0 Å². The largest absolute Gasteiger partial charge is 0.289 e. The summed E-state index contributed by atoms with van der Waals surface area (Å²) in [5, 5.41) is 9.18. The minimum atomic E-state index is -0.854. The molecule has 0 aliphatic carbocycles. The summed E-state index contributed by atoms with van der Waals surface area (Å²) in [5.74, 6) is -1.15. The van der Waals surface area contributed by atoms with E-state index in [0.29, 0.717) is 5.56 Å². The maximum absolute atomic E-state index is 12.1. The Bertz CT molecular complexity index is 602. The molecule has 1 atom stereocenters. The Morgan fingerprint density at radius 3 is 2.61 bits per heavy atom. The molecule has 4 heteroatoms. The number of hydrogen-bond donors (Lipinski definition) is 0. The summed E-state index contributed by atoms with van der Waals surface area (Å²) in [5.41, 5.74) is 1.68. The Labute approximate surface area is 105 Å². The Morgan fingerprint density at radius 2 is 2.00 bits per heavy atom. The van der Waals surface area contributed by atoms with Gasteiger partial charge in [0, 0.05) is 12.4 Å². The van der Waals surface area contributed by atoms with Crippen LogP contribution in [0.25, 0.3) is 0 Å². The molecule has 1 aromatic carbocycles. The van der Waals surface area contributed by atoms with Crippen molar-refractivity contribution in [1.82, 2.24) is 9.97 Å². The monoisotopic (exact) mass is 237 g/mol. The standard InChI is InChI=1S/C14H11N3O/c1-10-4-2-5-11(8-10)12(9-15)13(18)14-16-6-3-7-17-14/h2-8,12H,1H3. The first-order valence-electron chi connectivity index (χ1n) is 5.50. The number of rotatable bonds is 3. The normalized spacial score (nSPS) is 11.6. The molecular weight excluding hydrogens is 226 g/mol. The van der Waals surface area contributed by atoms with Crippen LogP contribution in [0.4, 0.5) is 0 Å². The van der Waals surface area contributed by atoms with E-state index in [9.17, 15) is 10.1 Å². The first kappa shape index (κ1) is 11.9. The van der Waals surface area contributed by atoms with Gasteiger partial charge in [-0.1, -0.05) is 29.8 Å². The number of hydrogen-bond acceptors (Lipinski definition) is 4. The van der Waals surface area contributed by atoms with Crippen molar-refractivity contribution in [2.24, 2.45) is 0 Å². The summed E-state index contributed by atoms with van der Waals surface area (Å²) in [6.07, 6.45) is 2.98. The van der Waals surface area contributed by atoms with Crippen molar-refractivity contribution in [3.8, 4) is 6.07 Å². The predicted octanol–water partition coefficient (Wildman–Crippen LogP) is 2.28. The number of nitriles is 1. The third-order valence-electron chi connectivity index (χ3n) is 2.55. The fourth-order valence-corrected chi connectivity index (χ4v) is 1.69. The van der Waals surface area contributed by atoms with Crippen LogP contribution < -0.4 is 0 Å². The van der Waals surface area contributed by atoms with Crippen LogP contribution in [0, 0.1) is 18.3 Å². The maximum atomic E-state index is 12.1. The van der Waals surface area contributed by atoms with E-state index in [1.807, 2.05) is 31.2 Å². The molecule has 0 amide bonds. The Morgan fingerprint density at radius 1 is 1.28 bits per heavy atom. The van der Waals surface area contributed by atoms with E-state index in [2.05, 4.69) is 9.97 Å². The van der Waals surface area contributed by atoms with Crippen molar-refractivity contribution in [2.45, 2.75) is 12.8 Å². The fourth-order valence-electron chi connectivity index (χ4n) is 1.69. The second kappa shape index (κ2) is 5.19. The highest BCUT2D eigenvalue weighted by molar-refractivity contribution is 5.99. The van der Waals surface area contributed by atoms with E-state index < -0.39 is 5.92 Å². The third-order valence-corrected chi connectivity index (χ3v) is 2.55. The van der Waals surface area contributed by atoms with Gasteiger partial charge in [-0.05, 0) is 18.6 Å². The Hall–Kier alpha value is -2.54. The molecular formula is C14H11N3O. The van der Waals surface area contributed by atoms with Crippen LogP contribution in [-0.4, -0.2) is 15.8 Å². The second-order valence-corrected chi connectivity index (χ2v) is 3.91. The number of Topliss-reactive ketones (excluding diaryl/α,β-unsaturated/α-hetero) is 1. The minimum absolute atomic E-state index is 0.0746. The Balaban J connectivity index is 2.36. The van der Waals surface area contributed by atoms with Crippen LogP contribution >= 0.6 is 0 Å². The van der Waals surface area contributed by atoms with E-state index >= 15 is 0 Å². The first-order valence-corrected chi connectivity index (χ1v) is 5.50. The molecule has 0 N–H and O–H groups in total. The molecule has 2 rings (SSSR count). The molecule has 0 saturated heterocycles. The smallest absolute Gasteiger partial charge is 0.221 e. The summed E-state index contributed by atoms with van der Waals surface area (Å²) in [6, 6.07) is 11.0. The molecule has 88 valence electrons. The van der Waals surface area contributed by atoms with E-state index in [4.69, 9.17) is 0 Å². The molecule has 18 heavy (non-hydrogen) atoms. The summed E-state index contributed by atoms with van der Waals surface area (Å²) >= 11 is 0. The lowest BCUT2D eigenvalue weighted by Gasteiger charge is -2.07. The van der Waals surface area contributed by atoms with Gasteiger partial charge in [0.2, 0.25) is 5.78 Å². The van der Waals surface area contributed by atoms with Crippen molar-refractivity contribution >= 4 is 5.78 Å². The number of ketones is 1. The van der Waals surface area contributed by atoms with Gasteiger partial charge in [-0.2, -0.15) is 5.26 Å². The zero-order valence-corrected chi connectivity index (χ0v) is 9.87. The lowest BCUT2D eigenvalue weighted by molar-refractivity contribution is 0.0968. The van der Waals surface area contributed by atoms with Crippen LogP contribution in [0.5, 0.6) is 0 Å². The van der Waals surface area contributed by atoms with Gasteiger partial charge < -0.3 is 0 Å². The van der Waals surface area contributed by atoms with Gasteiger partial charge in [0.05, 0.1) is 6.07 Å². The highest BCUT2D eigenvalue weighted by Gasteiger charge is 2.23. The molecule has 4 nitrogen and oxygen atoms in total. The van der Waals surface area contributed by atoms with E-state index in [1.54, 1.807) is 12.1 Å². The number of carbonyl (C=O) groups is 1. The van der Waals surface area contributed by atoms with Gasteiger partial charge in [-0.3, -0.25) is 4.79 Å². The molecule has 0 spiro atoms. The van der Waals surface area contributed by atoms with Crippen molar-refractivity contribution in [2.75, 3.05) is 0 Å². The Kier molecular flexibility index (Phi) is 3.44. The van der Waals surface area contributed by atoms with Crippen LogP contribution in [0.1, 0.15) is 27.7 Å². The van der Waals surface area contributed by atoms with Crippen molar-refractivity contribution in [3.05, 3.63) is 59.7 Å². The summed E-state index contributed by atoms with van der Waals surface area (Å²) in [4.78, 5) is 19.9. The quantitative estimate of drug-likeness (QED) is 0.768. The molecule has 0 saturated carbocycles. The zero-order chi connectivity index (χ0) is 13.0. The van der Waals surface area contributed by atoms with Crippen molar-refractivity contribution < 1.29 is 4.79 Å². The number of benzene rings is 1. The van der Waals surface area contributed by atoms with Crippen molar-refractivity contribution in [3.63, 3.8) is 0 Å². The predicted molar refractivity (Wildman–Crippen MR) is 65.9 cm³/mol. The van der Waals surface area contributed by atoms with Gasteiger partial charge in [-0.15, -0.1) is 0 Å². The van der Waals surface area contributed by atoms with Gasteiger partial charge in [0.25, 0.3) is 0 Å². The second-order valence-electron chi connectivity index (χ2n) is 3.91. The molecule has 2 aromatic rings. The fraction of sp³-hybridized carbons (Fsp3) is 0.143. The van der Waals surface area contributed by atoms with Crippen LogP contribution in [0.3, 0.4) is 0 Å². The van der Waals surface area contributed by atoms with Crippen molar-refractivity contribution in [1.29, 1.82) is 5.26 Å². The number of aromatic nitrogens is 2. The topological polar surface area (TPSA) is 66.6 Å². The maximum Gasteiger partial charge on any atom is 0.221 e. The number of aryl methyl sites for hydroxylation is 1. The van der Waals surface area contributed by atoms with Crippen LogP contribution in [-0.2, 0) is 0 Å². The molecule has 1 unspecified atom stereocenters. The zero-order valence-electron chi connectivity index (χ0n) is 9.87. The number of carbonyl (C=O) groups excluding carboxylic acids is 1.